The van der Waals surface area contributed by atoms with Crippen LogP contribution in [-0.2, 0) is 11.3 Å². The molecule has 0 aromatic heterocycles. The van der Waals surface area contributed by atoms with Crippen molar-refractivity contribution >= 4 is 5.71 Å². The quantitative estimate of drug-likeness (QED) is 0.364. The van der Waals surface area contributed by atoms with E-state index in [-0.39, 0.29) is 5.41 Å². The summed E-state index contributed by atoms with van der Waals surface area (Å²) in [7, 11) is 0. The van der Waals surface area contributed by atoms with E-state index < -0.39 is 0 Å². The fourth-order valence-corrected chi connectivity index (χ4v) is 2.54. The number of piperidine rings is 1. The number of benzene rings is 1. The summed E-state index contributed by atoms with van der Waals surface area (Å²) in [5.41, 5.74) is 3.62. The minimum absolute atomic E-state index is 0.215. The monoisotopic (exact) mass is 354 g/mol. The van der Waals surface area contributed by atoms with Gasteiger partial charge in [-0.2, -0.15) is 0 Å². The predicted octanol–water partition coefficient (Wildman–Crippen LogP) is 4.82. The highest BCUT2D eigenvalue weighted by Gasteiger charge is 2.33. The molecule has 3 nitrogen and oxygen atoms in total. The molecule has 1 fully saturated rings. The minimum Gasteiger partial charge on any atom is -0.383 e. The zero-order chi connectivity index (χ0) is 19.4. The molecular formula is C23H34N2O. The lowest BCUT2D eigenvalue weighted by molar-refractivity contribution is 0.168. The number of allylic oxidation sites excluding steroid dienone is 1. The van der Waals surface area contributed by atoms with Crippen LogP contribution in [-0.4, -0.2) is 25.4 Å². The number of aryl methyl sites for hydroxylation is 1. The van der Waals surface area contributed by atoms with Crippen LogP contribution in [0.1, 0.15) is 52.2 Å². The standard InChI is InChI=1S/C19H26N2O.C4H8/c1-5-16-8-6-9-17(12-16)10-7-11-22-21-18-13-20-14-19(3,4)15(18)2;1-3-4-2/h6,8-9,12,15,20H,5,11,13-14H2,1-4H3;3H,1,4H2,2H3/b21-18-;. The Labute approximate surface area is 159 Å². The van der Waals surface area contributed by atoms with Gasteiger partial charge >= 0.3 is 0 Å². The molecule has 0 bridgehead atoms. The van der Waals surface area contributed by atoms with Gasteiger partial charge in [0.05, 0.1) is 5.71 Å². The lowest BCUT2D eigenvalue weighted by Crippen LogP contribution is -2.48. The van der Waals surface area contributed by atoms with E-state index in [0.29, 0.717) is 12.5 Å². The third kappa shape index (κ3) is 7.45. The molecule has 1 unspecified atom stereocenters. The second-order valence-corrected chi connectivity index (χ2v) is 7.22. The topological polar surface area (TPSA) is 33.6 Å². The summed E-state index contributed by atoms with van der Waals surface area (Å²) in [6.07, 6.45) is 3.99. The fourth-order valence-electron chi connectivity index (χ4n) is 2.54. The van der Waals surface area contributed by atoms with Crippen LogP contribution in [0.15, 0.2) is 42.1 Å². The first-order valence-corrected chi connectivity index (χ1v) is 9.52. The minimum atomic E-state index is 0.215. The zero-order valence-electron chi connectivity index (χ0n) is 17.1. The number of nitrogens with one attached hydrogen (secondary N) is 1. The number of oxime groups is 1. The van der Waals surface area contributed by atoms with Gasteiger partial charge in [0.1, 0.15) is 0 Å². The van der Waals surface area contributed by atoms with E-state index in [1.165, 1.54) is 5.56 Å². The lowest BCUT2D eigenvalue weighted by atomic mass is 9.75. The first kappa shape index (κ1) is 22.0. The Morgan fingerprint density at radius 2 is 2.12 bits per heavy atom. The van der Waals surface area contributed by atoms with Crippen LogP contribution in [0.3, 0.4) is 0 Å². The summed E-state index contributed by atoms with van der Waals surface area (Å²) in [4.78, 5) is 5.39. The second-order valence-electron chi connectivity index (χ2n) is 7.22. The SMILES string of the molecule is C=CCC.CCc1cccc(C#CCO/N=C2/CNCC(C)(C)C2C)c1. The maximum absolute atomic E-state index is 5.39. The van der Waals surface area contributed by atoms with E-state index in [4.69, 9.17) is 4.84 Å². The molecule has 1 aromatic rings. The second kappa shape index (κ2) is 11.5. The van der Waals surface area contributed by atoms with Crippen molar-refractivity contribution in [3.63, 3.8) is 0 Å². The predicted molar refractivity (Wildman–Crippen MR) is 112 cm³/mol. The summed E-state index contributed by atoms with van der Waals surface area (Å²) < 4.78 is 0. The fraction of sp³-hybridized carbons (Fsp3) is 0.522. The maximum Gasteiger partial charge on any atom is 0.177 e. The molecule has 0 aliphatic carbocycles. The van der Waals surface area contributed by atoms with Gasteiger partial charge in [-0.15, -0.1) is 6.58 Å². The third-order valence-corrected chi connectivity index (χ3v) is 4.73. The van der Waals surface area contributed by atoms with Crippen molar-refractivity contribution in [3.05, 3.63) is 48.0 Å². The summed E-state index contributed by atoms with van der Waals surface area (Å²) in [5, 5.41) is 7.66. The molecular weight excluding hydrogens is 320 g/mol. The zero-order valence-corrected chi connectivity index (χ0v) is 17.1. The van der Waals surface area contributed by atoms with Crippen molar-refractivity contribution in [2.45, 2.75) is 47.5 Å². The van der Waals surface area contributed by atoms with Gasteiger partial charge in [0.15, 0.2) is 6.61 Å². The molecule has 1 heterocycles. The third-order valence-electron chi connectivity index (χ3n) is 4.73. The van der Waals surface area contributed by atoms with Gasteiger partial charge in [0, 0.05) is 24.6 Å². The van der Waals surface area contributed by atoms with Crippen LogP contribution in [0.5, 0.6) is 0 Å². The molecule has 1 aliphatic heterocycles. The van der Waals surface area contributed by atoms with Crippen molar-refractivity contribution in [2.75, 3.05) is 19.7 Å². The van der Waals surface area contributed by atoms with E-state index in [1.54, 1.807) is 0 Å². The number of hydrogen-bond acceptors (Lipinski definition) is 3. The van der Waals surface area contributed by atoms with Crippen molar-refractivity contribution in [1.29, 1.82) is 0 Å². The highest BCUT2D eigenvalue weighted by atomic mass is 16.6. The Bertz CT molecular complexity index is 650. The molecule has 0 radical (unpaired) electrons. The van der Waals surface area contributed by atoms with Gasteiger partial charge in [-0.1, -0.05) is 69.8 Å². The van der Waals surface area contributed by atoms with Crippen LogP contribution in [0, 0.1) is 23.2 Å². The Balaban J connectivity index is 0.000000765. The van der Waals surface area contributed by atoms with E-state index in [9.17, 15) is 0 Å². The van der Waals surface area contributed by atoms with E-state index in [2.05, 4.69) is 75.6 Å². The van der Waals surface area contributed by atoms with Crippen molar-refractivity contribution in [1.82, 2.24) is 5.32 Å². The molecule has 1 saturated heterocycles. The average Bonchev–Trinajstić information content (AvgIpc) is 2.65. The summed E-state index contributed by atoms with van der Waals surface area (Å²) >= 11 is 0. The Kier molecular flexibility index (Phi) is 9.76. The average molecular weight is 355 g/mol. The summed E-state index contributed by atoms with van der Waals surface area (Å²) in [6, 6.07) is 8.30. The molecule has 1 aromatic carbocycles. The first-order valence-electron chi connectivity index (χ1n) is 9.52. The number of nitrogens with zero attached hydrogens (tertiary/aromatic N) is 1. The van der Waals surface area contributed by atoms with Crippen molar-refractivity contribution < 1.29 is 4.84 Å². The largest absolute Gasteiger partial charge is 0.383 e. The molecule has 26 heavy (non-hydrogen) atoms. The van der Waals surface area contributed by atoms with Crippen molar-refractivity contribution in [2.24, 2.45) is 16.5 Å². The molecule has 142 valence electrons. The van der Waals surface area contributed by atoms with Crippen LogP contribution in [0.2, 0.25) is 0 Å². The van der Waals surface area contributed by atoms with E-state index in [1.807, 2.05) is 18.2 Å². The van der Waals surface area contributed by atoms with Crippen LogP contribution in [0.4, 0.5) is 0 Å². The van der Waals surface area contributed by atoms with Crippen LogP contribution < -0.4 is 5.32 Å². The molecule has 1 N–H and O–H groups in total. The van der Waals surface area contributed by atoms with Gasteiger partial charge in [0.2, 0.25) is 0 Å². The van der Waals surface area contributed by atoms with Gasteiger partial charge < -0.3 is 10.2 Å². The molecule has 0 saturated carbocycles. The smallest absolute Gasteiger partial charge is 0.177 e. The van der Waals surface area contributed by atoms with Gasteiger partial charge in [0.25, 0.3) is 0 Å². The van der Waals surface area contributed by atoms with E-state index >= 15 is 0 Å². The number of hydrogen-bond donors (Lipinski definition) is 1. The highest BCUT2D eigenvalue weighted by molar-refractivity contribution is 5.89. The van der Waals surface area contributed by atoms with Gasteiger partial charge in [-0.3, -0.25) is 0 Å². The van der Waals surface area contributed by atoms with Gasteiger partial charge in [-0.05, 0) is 36.0 Å². The highest BCUT2D eigenvalue weighted by Crippen LogP contribution is 2.29. The van der Waals surface area contributed by atoms with Crippen LogP contribution >= 0.6 is 0 Å². The molecule has 3 heteroatoms. The molecule has 0 amide bonds. The Morgan fingerprint density at radius 3 is 2.77 bits per heavy atom. The lowest BCUT2D eigenvalue weighted by Gasteiger charge is -2.37. The summed E-state index contributed by atoms with van der Waals surface area (Å²) in [6.45, 7) is 16.5. The van der Waals surface area contributed by atoms with Gasteiger partial charge in [-0.25, -0.2) is 0 Å². The Morgan fingerprint density at radius 1 is 1.38 bits per heavy atom. The molecule has 0 spiro atoms. The normalized spacial score (nSPS) is 19.6. The van der Waals surface area contributed by atoms with Crippen LogP contribution in [0.25, 0.3) is 0 Å². The molecule has 1 aliphatic rings. The van der Waals surface area contributed by atoms with Crippen molar-refractivity contribution in [3.8, 4) is 11.8 Å². The summed E-state index contributed by atoms with van der Waals surface area (Å²) in [5.74, 6) is 6.57. The first-order chi connectivity index (χ1) is 12.4. The Hall–Kier alpha value is -2.05. The number of rotatable bonds is 4. The molecule has 1 atom stereocenters. The molecule has 2 rings (SSSR count). The maximum atomic E-state index is 5.39. The van der Waals surface area contributed by atoms with E-state index in [0.717, 1.165) is 37.2 Å².